The first-order valence-corrected chi connectivity index (χ1v) is 12.4. The summed E-state index contributed by atoms with van der Waals surface area (Å²) >= 11 is -0.717. The Balaban J connectivity index is 1.58. The molecule has 7 nitrogen and oxygen atoms in total. The number of hydrogen-bond acceptors (Lipinski definition) is 5. The standard InChI is InChI=1S/C20H19N3O4SSe/c24-18(19-21-23(20(25)29-19)16-7-3-1-4-8-16)15-9-11-17(12-10-15)28(26,27)22-13-5-2-6-14-22/h1,3-4,7-12H,2,5-6,13-14H2. The van der Waals surface area contributed by atoms with Crippen molar-refractivity contribution in [2.45, 2.75) is 24.2 Å². The van der Waals surface area contributed by atoms with E-state index in [1.54, 1.807) is 24.3 Å². The van der Waals surface area contributed by atoms with Crippen LogP contribution >= 0.6 is 0 Å². The molecule has 1 aromatic heterocycles. The molecule has 0 atom stereocenters. The van der Waals surface area contributed by atoms with E-state index in [1.807, 2.05) is 6.07 Å². The van der Waals surface area contributed by atoms with Gasteiger partial charge in [-0.25, -0.2) is 0 Å². The maximum atomic E-state index is 12.8. The molecule has 9 heteroatoms. The Kier molecular flexibility index (Phi) is 5.65. The van der Waals surface area contributed by atoms with Crippen molar-refractivity contribution < 1.29 is 13.2 Å². The Morgan fingerprint density at radius 3 is 2.24 bits per heavy atom. The van der Waals surface area contributed by atoms with Crippen LogP contribution in [0.25, 0.3) is 5.69 Å². The summed E-state index contributed by atoms with van der Waals surface area (Å²) in [4.78, 5) is 25.2. The van der Waals surface area contributed by atoms with Gasteiger partial charge in [-0.05, 0) is 0 Å². The molecule has 0 spiro atoms. The Morgan fingerprint density at radius 1 is 0.931 bits per heavy atom. The molecule has 1 aliphatic rings. The van der Waals surface area contributed by atoms with E-state index in [-0.39, 0.29) is 19.7 Å². The molecule has 0 bridgehead atoms. The summed E-state index contributed by atoms with van der Waals surface area (Å²) in [7, 11) is -3.54. The first kappa shape index (κ1) is 20.0. The summed E-state index contributed by atoms with van der Waals surface area (Å²) in [5.74, 6) is -0.348. The number of carbonyl (C=O) groups excluding carboxylic acids is 1. The minimum atomic E-state index is -3.54. The molecule has 0 unspecified atom stereocenters. The summed E-state index contributed by atoms with van der Waals surface area (Å²) in [5.41, 5.74) is 0.941. The van der Waals surface area contributed by atoms with E-state index in [4.69, 9.17) is 0 Å². The summed E-state index contributed by atoms with van der Waals surface area (Å²) in [5, 5.41) is 4.21. The third-order valence-corrected chi connectivity index (χ3v) is 8.42. The van der Waals surface area contributed by atoms with E-state index in [1.165, 1.54) is 33.3 Å². The zero-order valence-corrected chi connectivity index (χ0v) is 18.1. The van der Waals surface area contributed by atoms with Crippen LogP contribution in [0, 0.1) is 0 Å². The number of piperidine rings is 1. The van der Waals surface area contributed by atoms with Crippen molar-refractivity contribution in [1.29, 1.82) is 0 Å². The molecule has 29 heavy (non-hydrogen) atoms. The van der Waals surface area contributed by atoms with Crippen LogP contribution in [0.15, 0.2) is 64.3 Å². The average Bonchev–Trinajstić information content (AvgIpc) is 3.16. The Labute approximate surface area is 174 Å². The first-order valence-electron chi connectivity index (χ1n) is 9.27. The van der Waals surface area contributed by atoms with Gasteiger partial charge in [0.2, 0.25) is 0 Å². The molecule has 0 amide bonds. The van der Waals surface area contributed by atoms with E-state index in [0.717, 1.165) is 19.3 Å². The van der Waals surface area contributed by atoms with E-state index < -0.39 is 24.5 Å². The van der Waals surface area contributed by atoms with Gasteiger partial charge in [-0.3, -0.25) is 0 Å². The van der Waals surface area contributed by atoms with E-state index in [0.29, 0.717) is 24.3 Å². The van der Waals surface area contributed by atoms with Crippen LogP contribution < -0.4 is 4.43 Å². The molecular formula is C20H19N3O4SSe. The normalized spacial score (nSPS) is 15.3. The number of rotatable bonds is 5. The zero-order valence-electron chi connectivity index (χ0n) is 15.5. The predicted molar refractivity (Wildman–Crippen MR) is 109 cm³/mol. The Bertz CT molecular complexity index is 1180. The van der Waals surface area contributed by atoms with Gasteiger partial charge in [0.1, 0.15) is 0 Å². The summed E-state index contributed by atoms with van der Waals surface area (Å²) in [6, 6.07) is 14.8. The zero-order chi connectivity index (χ0) is 20.4. The van der Waals surface area contributed by atoms with Crippen molar-refractivity contribution in [2.75, 3.05) is 13.1 Å². The second kappa shape index (κ2) is 8.20. The number of benzene rings is 2. The summed E-state index contributed by atoms with van der Waals surface area (Å²) in [6.45, 7) is 1.06. The summed E-state index contributed by atoms with van der Waals surface area (Å²) in [6.07, 6.45) is 2.77. The fourth-order valence-electron chi connectivity index (χ4n) is 3.26. The number of sulfonamides is 1. The minimum absolute atomic E-state index is 0.178. The van der Waals surface area contributed by atoms with Crippen LogP contribution in [0.1, 0.15) is 34.2 Å². The maximum absolute atomic E-state index is 12.8. The first-order chi connectivity index (χ1) is 14.0. The van der Waals surface area contributed by atoms with E-state index >= 15 is 0 Å². The van der Waals surface area contributed by atoms with Crippen molar-refractivity contribution in [1.82, 2.24) is 14.1 Å². The molecule has 0 radical (unpaired) electrons. The molecule has 1 fully saturated rings. The van der Waals surface area contributed by atoms with Crippen molar-refractivity contribution in [3.8, 4) is 5.69 Å². The molecule has 1 saturated heterocycles. The Morgan fingerprint density at radius 2 is 1.59 bits per heavy atom. The van der Waals surface area contributed by atoms with E-state index in [2.05, 4.69) is 5.10 Å². The monoisotopic (exact) mass is 477 g/mol. The fourth-order valence-corrected chi connectivity index (χ4v) is 6.31. The van der Waals surface area contributed by atoms with Gasteiger partial charge in [0, 0.05) is 0 Å². The van der Waals surface area contributed by atoms with Crippen molar-refractivity contribution in [3.63, 3.8) is 0 Å². The number of ketones is 1. The molecule has 0 aliphatic carbocycles. The van der Waals surface area contributed by atoms with Crippen LogP contribution in [-0.2, 0) is 10.0 Å². The number of hydrogen-bond donors (Lipinski definition) is 0. The van der Waals surface area contributed by atoms with Crippen molar-refractivity contribution >= 4 is 30.3 Å². The number of carbonyl (C=O) groups is 1. The van der Waals surface area contributed by atoms with Gasteiger partial charge in [0.15, 0.2) is 0 Å². The van der Waals surface area contributed by atoms with E-state index in [9.17, 15) is 18.0 Å². The quantitative estimate of drug-likeness (QED) is 0.413. The molecule has 2 heterocycles. The number of nitrogens with zero attached hydrogens (tertiary/aromatic N) is 3. The molecule has 4 rings (SSSR count). The number of para-hydroxylation sites is 1. The SMILES string of the molecule is O=C(c1ccc(S(=O)(=O)N2CCCCC2)cc1)c1nn(-c2ccccc2)c(=O)[se]1. The third-order valence-electron chi connectivity index (χ3n) is 4.81. The van der Waals surface area contributed by atoms with Crippen molar-refractivity contribution in [3.05, 3.63) is 74.0 Å². The second-order valence-electron chi connectivity index (χ2n) is 6.74. The third kappa shape index (κ3) is 4.04. The molecule has 150 valence electrons. The average molecular weight is 476 g/mol. The molecule has 1 aliphatic heterocycles. The van der Waals surface area contributed by atoms with Gasteiger partial charge < -0.3 is 0 Å². The molecular weight excluding hydrogens is 457 g/mol. The van der Waals surface area contributed by atoms with Gasteiger partial charge in [0.25, 0.3) is 0 Å². The molecule has 0 N–H and O–H groups in total. The van der Waals surface area contributed by atoms with Gasteiger partial charge in [-0.2, -0.15) is 0 Å². The van der Waals surface area contributed by atoms with Gasteiger partial charge in [-0.1, -0.05) is 0 Å². The van der Waals surface area contributed by atoms with Gasteiger partial charge >= 0.3 is 174 Å². The summed E-state index contributed by atoms with van der Waals surface area (Å²) < 4.78 is 28.2. The van der Waals surface area contributed by atoms with Gasteiger partial charge in [-0.15, -0.1) is 0 Å². The number of aromatic nitrogens is 2. The van der Waals surface area contributed by atoms with Crippen LogP contribution in [0.4, 0.5) is 0 Å². The van der Waals surface area contributed by atoms with Crippen LogP contribution in [0.2, 0.25) is 0 Å². The fraction of sp³-hybridized carbons (Fsp3) is 0.250. The molecule has 2 aromatic carbocycles. The molecule has 0 saturated carbocycles. The Hall–Kier alpha value is -2.32. The van der Waals surface area contributed by atoms with Crippen LogP contribution in [-0.4, -0.2) is 55.9 Å². The predicted octanol–water partition coefficient (Wildman–Crippen LogP) is 1.70. The topological polar surface area (TPSA) is 89.3 Å². The molecule has 3 aromatic rings. The second-order valence-corrected chi connectivity index (χ2v) is 10.6. The van der Waals surface area contributed by atoms with Gasteiger partial charge in [0.05, 0.1) is 0 Å². The van der Waals surface area contributed by atoms with Crippen LogP contribution in [0.3, 0.4) is 0 Å². The van der Waals surface area contributed by atoms with Crippen molar-refractivity contribution in [2.24, 2.45) is 0 Å². The van der Waals surface area contributed by atoms with Crippen LogP contribution in [0.5, 0.6) is 0 Å².